The lowest BCUT2D eigenvalue weighted by Gasteiger charge is -2.20. The van der Waals surface area contributed by atoms with Gasteiger partial charge in [-0.15, -0.1) is 0 Å². The van der Waals surface area contributed by atoms with Crippen LogP contribution < -0.4 is 4.90 Å². The molecular formula is C16H18N2O2S. The first kappa shape index (κ1) is 13.1. The monoisotopic (exact) mass is 302 g/mol. The van der Waals surface area contributed by atoms with Crippen molar-refractivity contribution >= 4 is 22.9 Å². The van der Waals surface area contributed by atoms with Crippen LogP contribution in [-0.2, 0) is 11.3 Å². The van der Waals surface area contributed by atoms with Crippen molar-refractivity contribution in [1.82, 2.24) is 4.90 Å². The van der Waals surface area contributed by atoms with Crippen molar-refractivity contribution in [2.45, 2.75) is 13.5 Å². The zero-order chi connectivity index (χ0) is 14.4. The van der Waals surface area contributed by atoms with Crippen LogP contribution in [0.1, 0.15) is 11.5 Å². The van der Waals surface area contributed by atoms with Crippen LogP contribution in [0.25, 0.3) is 0 Å². The summed E-state index contributed by atoms with van der Waals surface area (Å²) in [4.78, 5) is 16.9. The number of amides is 1. The molecule has 4 rings (SSSR count). The van der Waals surface area contributed by atoms with Crippen molar-refractivity contribution < 1.29 is 9.21 Å². The number of thiophene rings is 1. The molecule has 2 atom stereocenters. The predicted octanol–water partition coefficient (Wildman–Crippen LogP) is 2.74. The van der Waals surface area contributed by atoms with E-state index in [1.807, 2.05) is 35.4 Å². The fourth-order valence-electron chi connectivity index (χ4n) is 3.51. The maximum Gasteiger partial charge on any atom is 0.231 e. The summed E-state index contributed by atoms with van der Waals surface area (Å²) in [6.07, 6.45) is 0. The molecule has 2 fully saturated rings. The zero-order valence-electron chi connectivity index (χ0n) is 12.0. The summed E-state index contributed by atoms with van der Waals surface area (Å²) in [6.45, 7) is 5.46. The van der Waals surface area contributed by atoms with Gasteiger partial charge in [-0.2, -0.15) is 11.3 Å². The summed E-state index contributed by atoms with van der Waals surface area (Å²) in [7, 11) is 0. The normalized spacial score (nSPS) is 25.8. The lowest BCUT2D eigenvalue weighted by Crippen LogP contribution is -2.32. The molecule has 0 N–H and O–H groups in total. The Bertz CT molecular complexity index is 649. The fourth-order valence-corrected chi connectivity index (χ4v) is 4.15. The molecule has 4 nitrogen and oxygen atoms in total. The van der Waals surface area contributed by atoms with Crippen LogP contribution >= 0.6 is 11.3 Å². The van der Waals surface area contributed by atoms with Gasteiger partial charge in [0.1, 0.15) is 11.5 Å². The van der Waals surface area contributed by atoms with E-state index >= 15 is 0 Å². The Morgan fingerprint density at radius 2 is 2.19 bits per heavy atom. The first-order valence-electron chi connectivity index (χ1n) is 7.32. The molecule has 0 bridgehead atoms. The summed E-state index contributed by atoms with van der Waals surface area (Å²) in [5, 5.41) is 4.09. The number of carbonyl (C=O) groups is 1. The standard InChI is InChI=1S/C16H18N2O2S/c1-11-2-3-14(20-11)8-17-6-12-7-18(13-4-5-21-10-13)16(19)15(12)9-17/h2-5,10,12,15H,6-9H2,1H3/t12-,15-/m0/s1. The van der Waals surface area contributed by atoms with E-state index in [4.69, 9.17) is 4.42 Å². The van der Waals surface area contributed by atoms with Gasteiger partial charge in [-0.05, 0) is 30.5 Å². The van der Waals surface area contributed by atoms with E-state index in [1.165, 1.54) is 0 Å². The van der Waals surface area contributed by atoms with Gasteiger partial charge < -0.3 is 9.32 Å². The maximum atomic E-state index is 12.6. The molecule has 21 heavy (non-hydrogen) atoms. The highest BCUT2D eigenvalue weighted by Crippen LogP contribution is 2.36. The first-order valence-corrected chi connectivity index (χ1v) is 8.26. The number of hydrogen-bond donors (Lipinski definition) is 0. The molecule has 0 spiro atoms. The third kappa shape index (κ3) is 2.30. The van der Waals surface area contributed by atoms with E-state index in [9.17, 15) is 4.79 Å². The molecule has 110 valence electrons. The smallest absolute Gasteiger partial charge is 0.231 e. The Labute approximate surface area is 128 Å². The number of anilines is 1. The van der Waals surface area contributed by atoms with Gasteiger partial charge in [0, 0.05) is 30.9 Å². The largest absolute Gasteiger partial charge is 0.465 e. The molecule has 2 aromatic heterocycles. The van der Waals surface area contributed by atoms with Gasteiger partial charge >= 0.3 is 0 Å². The lowest BCUT2D eigenvalue weighted by atomic mass is 10.0. The Hall–Kier alpha value is -1.59. The first-order chi connectivity index (χ1) is 10.2. The van der Waals surface area contributed by atoms with Crippen LogP contribution in [0.2, 0.25) is 0 Å². The molecule has 2 aliphatic heterocycles. The second-order valence-electron chi connectivity index (χ2n) is 6.00. The number of furan rings is 1. The van der Waals surface area contributed by atoms with E-state index in [0.29, 0.717) is 5.92 Å². The highest BCUT2D eigenvalue weighted by atomic mass is 32.1. The Morgan fingerprint density at radius 3 is 2.86 bits per heavy atom. The number of rotatable bonds is 3. The number of aryl methyl sites for hydroxylation is 1. The topological polar surface area (TPSA) is 36.7 Å². The van der Waals surface area contributed by atoms with Gasteiger partial charge in [0.2, 0.25) is 5.91 Å². The molecule has 0 aromatic carbocycles. The Balaban J connectivity index is 1.43. The minimum Gasteiger partial charge on any atom is -0.465 e. The molecule has 2 aliphatic rings. The van der Waals surface area contributed by atoms with Crippen molar-refractivity contribution in [1.29, 1.82) is 0 Å². The number of nitrogens with zero attached hydrogens (tertiary/aromatic N) is 2. The molecule has 4 heterocycles. The molecule has 0 radical (unpaired) electrons. The van der Waals surface area contributed by atoms with Crippen molar-refractivity contribution in [3.05, 3.63) is 40.5 Å². The number of fused-ring (bicyclic) bond motifs is 1. The molecule has 0 unspecified atom stereocenters. The average Bonchev–Trinajstić information content (AvgIpc) is 3.18. The fraction of sp³-hybridized carbons (Fsp3) is 0.438. The molecule has 0 saturated carbocycles. The van der Waals surface area contributed by atoms with Crippen molar-refractivity contribution in [2.24, 2.45) is 11.8 Å². The molecule has 2 saturated heterocycles. The van der Waals surface area contributed by atoms with E-state index in [1.54, 1.807) is 11.3 Å². The third-order valence-electron chi connectivity index (χ3n) is 4.51. The number of likely N-dealkylation sites (tertiary alicyclic amines) is 1. The van der Waals surface area contributed by atoms with Crippen molar-refractivity contribution in [3.63, 3.8) is 0 Å². The zero-order valence-corrected chi connectivity index (χ0v) is 12.8. The van der Waals surface area contributed by atoms with Crippen molar-refractivity contribution in [3.8, 4) is 0 Å². The molecule has 2 aromatic rings. The Morgan fingerprint density at radius 1 is 1.29 bits per heavy atom. The molecule has 1 amide bonds. The van der Waals surface area contributed by atoms with Gasteiger partial charge in [-0.25, -0.2) is 0 Å². The quantitative estimate of drug-likeness (QED) is 0.875. The van der Waals surface area contributed by atoms with Crippen LogP contribution in [0.15, 0.2) is 33.4 Å². The molecule has 0 aliphatic carbocycles. The summed E-state index contributed by atoms with van der Waals surface area (Å²) in [6, 6.07) is 6.06. The Kier molecular flexibility index (Phi) is 3.12. The predicted molar refractivity (Wildman–Crippen MR) is 82.4 cm³/mol. The summed E-state index contributed by atoms with van der Waals surface area (Å²) >= 11 is 1.64. The summed E-state index contributed by atoms with van der Waals surface area (Å²) < 4.78 is 5.64. The van der Waals surface area contributed by atoms with Gasteiger partial charge in [-0.3, -0.25) is 9.69 Å². The third-order valence-corrected chi connectivity index (χ3v) is 5.18. The second-order valence-corrected chi connectivity index (χ2v) is 6.78. The molecule has 5 heteroatoms. The second kappa shape index (κ2) is 5.00. The highest BCUT2D eigenvalue weighted by Gasteiger charge is 2.46. The maximum absolute atomic E-state index is 12.6. The van der Waals surface area contributed by atoms with Gasteiger partial charge in [-0.1, -0.05) is 0 Å². The lowest BCUT2D eigenvalue weighted by molar-refractivity contribution is -0.120. The van der Waals surface area contributed by atoms with E-state index in [2.05, 4.69) is 10.3 Å². The number of hydrogen-bond acceptors (Lipinski definition) is 4. The summed E-state index contributed by atoms with van der Waals surface area (Å²) in [5.74, 6) is 2.84. The van der Waals surface area contributed by atoms with Crippen LogP contribution in [0.4, 0.5) is 5.69 Å². The van der Waals surface area contributed by atoms with Gasteiger partial charge in [0.05, 0.1) is 18.2 Å². The number of carbonyl (C=O) groups excluding carboxylic acids is 1. The van der Waals surface area contributed by atoms with Crippen LogP contribution in [0.5, 0.6) is 0 Å². The SMILES string of the molecule is Cc1ccc(CN2C[C@H]3CN(c4ccsc4)C(=O)[C@H]3C2)o1. The van der Waals surface area contributed by atoms with Gasteiger partial charge in [0.25, 0.3) is 0 Å². The van der Waals surface area contributed by atoms with Gasteiger partial charge in [0.15, 0.2) is 0 Å². The van der Waals surface area contributed by atoms with E-state index < -0.39 is 0 Å². The van der Waals surface area contributed by atoms with Crippen LogP contribution in [-0.4, -0.2) is 30.4 Å². The van der Waals surface area contributed by atoms with Crippen molar-refractivity contribution in [2.75, 3.05) is 24.5 Å². The molecular weight excluding hydrogens is 284 g/mol. The van der Waals surface area contributed by atoms with E-state index in [0.717, 1.165) is 43.4 Å². The average molecular weight is 302 g/mol. The van der Waals surface area contributed by atoms with E-state index in [-0.39, 0.29) is 11.8 Å². The minimum atomic E-state index is 0.154. The minimum absolute atomic E-state index is 0.154. The summed E-state index contributed by atoms with van der Waals surface area (Å²) in [5.41, 5.74) is 1.06. The van der Waals surface area contributed by atoms with Crippen LogP contribution in [0.3, 0.4) is 0 Å². The highest BCUT2D eigenvalue weighted by molar-refractivity contribution is 7.08. The van der Waals surface area contributed by atoms with Crippen LogP contribution in [0, 0.1) is 18.8 Å².